The van der Waals surface area contributed by atoms with Crippen LogP contribution in [0.15, 0.2) is 35.3 Å². The highest BCUT2D eigenvalue weighted by atomic mass is 127. The lowest BCUT2D eigenvalue weighted by molar-refractivity contribution is 0.606. The molecule has 1 aromatic heterocycles. The third kappa shape index (κ3) is 7.17. The van der Waals surface area contributed by atoms with Crippen molar-refractivity contribution < 1.29 is 0 Å². The fraction of sp³-hybridized carbons (Fsp3) is 0.571. The molecule has 1 aromatic carbocycles. The molecule has 0 saturated heterocycles. The summed E-state index contributed by atoms with van der Waals surface area (Å²) < 4.78 is 1.99. The van der Waals surface area contributed by atoms with E-state index in [-0.39, 0.29) is 24.0 Å². The maximum atomic E-state index is 4.76. The molecule has 1 saturated carbocycles. The van der Waals surface area contributed by atoms with Crippen LogP contribution in [0.4, 0.5) is 5.69 Å². The smallest absolute Gasteiger partial charge is 0.191 e. The van der Waals surface area contributed by atoms with Gasteiger partial charge in [-0.1, -0.05) is 31.0 Å². The van der Waals surface area contributed by atoms with Crippen molar-refractivity contribution >= 4 is 35.6 Å². The summed E-state index contributed by atoms with van der Waals surface area (Å²) in [4.78, 5) is 7.05. The van der Waals surface area contributed by atoms with Gasteiger partial charge < -0.3 is 20.1 Å². The maximum absolute atomic E-state index is 4.76. The summed E-state index contributed by atoms with van der Waals surface area (Å²) in [5, 5.41) is 15.4. The molecule has 1 aliphatic carbocycles. The Bertz CT molecular complexity index is 754. The zero-order chi connectivity index (χ0) is 19.8. The Morgan fingerprint density at radius 1 is 1.21 bits per heavy atom. The van der Waals surface area contributed by atoms with Gasteiger partial charge in [0.15, 0.2) is 11.8 Å². The van der Waals surface area contributed by atoms with Crippen molar-refractivity contribution in [3.8, 4) is 0 Å². The van der Waals surface area contributed by atoms with Gasteiger partial charge in [-0.3, -0.25) is 0 Å². The van der Waals surface area contributed by atoms with E-state index >= 15 is 0 Å². The average molecular weight is 511 g/mol. The molecule has 8 heteroatoms. The highest BCUT2D eigenvalue weighted by molar-refractivity contribution is 14.0. The predicted octanol–water partition coefficient (Wildman–Crippen LogP) is 3.25. The zero-order valence-corrected chi connectivity index (χ0v) is 20.1. The topological polar surface area (TPSA) is 70.4 Å². The lowest BCUT2D eigenvalue weighted by Crippen LogP contribution is -2.43. The van der Waals surface area contributed by atoms with Gasteiger partial charge in [0.1, 0.15) is 12.4 Å². The van der Waals surface area contributed by atoms with Crippen molar-refractivity contribution in [1.29, 1.82) is 0 Å². The number of aliphatic imine (C=N–C) groups is 1. The number of nitrogens with one attached hydrogen (secondary N) is 2. The fourth-order valence-electron chi connectivity index (χ4n) is 3.49. The van der Waals surface area contributed by atoms with Gasteiger partial charge in [-0.15, -0.1) is 34.2 Å². The van der Waals surface area contributed by atoms with Crippen molar-refractivity contribution in [1.82, 2.24) is 25.4 Å². The summed E-state index contributed by atoms with van der Waals surface area (Å²) in [6.45, 7) is 4.37. The Hall–Kier alpha value is -1.84. The number of halogens is 1. The minimum Gasteiger partial charge on any atom is -0.375 e. The van der Waals surface area contributed by atoms with Crippen LogP contribution in [0.5, 0.6) is 0 Å². The lowest BCUT2D eigenvalue weighted by atomic mass is 10.2. The summed E-state index contributed by atoms with van der Waals surface area (Å²) in [6, 6.07) is 11.0. The molecule has 0 radical (unpaired) electrons. The van der Waals surface area contributed by atoms with E-state index in [4.69, 9.17) is 4.99 Å². The number of nitrogens with zero attached hydrogens (tertiary/aromatic N) is 5. The van der Waals surface area contributed by atoms with Gasteiger partial charge in [0, 0.05) is 38.9 Å². The van der Waals surface area contributed by atoms with E-state index in [1.165, 1.54) is 31.4 Å². The first-order chi connectivity index (χ1) is 13.6. The first-order valence-electron chi connectivity index (χ1n) is 10.3. The first-order valence-corrected chi connectivity index (χ1v) is 10.3. The van der Waals surface area contributed by atoms with Crippen molar-refractivity contribution in [2.75, 3.05) is 25.0 Å². The second-order valence-corrected chi connectivity index (χ2v) is 7.55. The molecular weight excluding hydrogens is 477 g/mol. The van der Waals surface area contributed by atoms with Crippen LogP contribution in [0, 0.1) is 6.92 Å². The van der Waals surface area contributed by atoms with Gasteiger partial charge in [-0.05, 0) is 38.3 Å². The molecule has 0 bridgehead atoms. The number of rotatable bonds is 8. The van der Waals surface area contributed by atoms with Crippen LogP contribution < -0.4 is 15.5 Å². The Morgan fingerprint density at radius 2 is 1.93 bits per heavy atom. The molecule has 160 valence electrons. The summed E-state index contributed by atoms with van der Waals surface area (Å²) in [7, 11) is 4.12. The standard InChI is InChI=1S/C21H33N7.HI/c1-17-25-26-20(28(17)3)16-23-21(24-18-10-7-8-11-18)22-14-9-15-27(2)19-12-5-4-6-13-19;/h4-6,12-13,18H,7-11,14-16H2,1-3H3,(H2,22,23,24);1H. The molecule has 29 heavy (non-hydrogen) atoms. The Morgan fingerprint density at radius 3 is 2.59 bits per heavy atom. The first kappa shape index (κ1) is 23.4. The van der Waals surface area contributed by atoms with E-state index in [9.17, 15) is 0 Å². The van der Waals surface area contributed by atoms with Gasteiger partial charge >= 0.3 is 0 Å². The highest BCUT2D eigenvalue weighted by Gasteiger charge is 2.16. The molecule has 0 spiro atoms. The van der Waals surface area contributed by atoms with Crippen LogP contribution in [0.25, 0.3) is 0 Å². The zero-order valence-electron chi connectivity index (χ0n) is 17.8. The second kappa shape index (κ2) is 12.0. The van der Waals surface area contributed by atoms with Gasteiger partial charge in [0.25, 0.3) is 0 Å². The minimum absolute atomic E-state index is 0. The fourth-order valence-corrected chi connectivity index (χ4v) is 3.49. The van der Waals surface area contributed by atoms with E-state index in [0.717, 1.165) is 37.1 Å². The molecule has 2 N–H and O–H groups in total. The van der Waals surface area contributed by atoms with E-state index in [1.807, 2.05) is 18.5 Å². The molecule has 1 heterocycles. The quantitative estimate of drug-likeness (QED) is 0.247. The van der Waals surface area contributed by atoms with Crippen molar-refractivity contribution in [2.24, 2.45) is 12.0 Å². The number of hydrogen-bond donors (Lipinski definition) is 2. The monoisotopic (exact) mass is 511 g/mol. The maximum Gasteiger partial charge on any atom is 0.191 e. The number of guanidine groups is 1. The van der Waals surface area contributed by atoms with Crippen LogP contribution in [-0.2, 0) is 13.6 Å². The van der Waals surface area contributed by atoms with Crippen molar-refractivity contribution in [3.63, 3.8) is 0 Å². The summed E-state index contributed by atoms with van der Waals surface area (Å²) in [6.07, 6.45) is 6.09. The van der Waals surface area contributed by atoms with Gasteiger partial charge in [0.05, 0.1) is 0 Å². The largest absolute Gasteiger partial charge is 0.375 e. The predicted molar refractivity (Wildman–Crippen MR) is 130 cm³/mol. The number of hydrogen-bond acceptors (Lipinski definition) is 4. The summed E-state index contributed by atoms with van der Waals surface area (Å²) >= 11 is 0. The molecule has 7 nitrogen and oxygen atoms in total. The highest BCUT2D eigenvalue weighted by Crippen LogP contribution is 2.17. The third-order valence-corrected chi connectivity index (χ3v) is 5.42. The number of aryl methyl sites for hydroxylation is 1. The summed E-state index contributed by atoms with van der Waals surface area (Å²) in [5.41, 5.74) is 1.25. The molecule has 1 fully saturated rings. The molecule has 2 aromatic rings. The van der Waals surface area contributed by atoms with Crippen LogP contribution >= 0.6 is 24.0 Å². The van der Waals surface area contributed by atoms with Gasteiger partial charge in [-0.2, -0.15) is 0 Å². The van der Waals surface area contributed by atoms with Crippen LogP contribution in [0.2, 0.25) is 0 Å². The Balaban J connectivity index is 0.00000300. The van der Waals surface area contributed by atoms with Crippen molar-refractivity contribution in [3.05, 3.63) is 42.0 Å². The molecule has 3 rings (SSSR count). The molecular formula is C21H34IN7. The third-order valence-electron chi connectivity index (χ3n) is 5.42. The van der Waals surface area contributed by atoms with Crippen LogP contribution in [0.1, 0.15) is 43.8 Å². The molecule has 0 atom stereocenters. The van der Waals surface area contributed by atoms with Crippen LogP contribution in [-0.4, -0.2) is 46.9 Å². The van der Waals surface area contributed by atoms with Crippen LogP contribution in [0.3, 0.4) is 0 Å². The second-order valence-electron chi connectivity index (χ2n) is 7.55. The number of aromatic nitrogens is 3. The molecule has 0 unspecified atom stereocenters. The number of benzene rings is 1. The normalized spacial score (nSPS) is 14.5. The average Bonchev–Trinajstić information content (AvgIpc) is 3.34. The number of anilines is 1. The lowest BCUT2D eigenvalue weighted by Gasteiger charge is -2.21. The molecule has 0 aliphatic heterocycles. The van der Waals surface area contributed by atoms with E-state index in [2.05, 4.69) is 63.1 Å². The van der Waals surface area contributed by atoms with Gasteiger partial charge in [0.2, 0.25) is 0 Å². The van der Waals surface area contributed by atoms with Crippen molar-refractivity contribution in [2.45, 2.75) is 51.6 Å². The van der Waals surface area contributed by atoms with Gasteiger partial charge in [-0.25, -0.2) is 4.99 Å². The Labute approximate surface area is 191 Å². The molecule has 1 aliphatic rings. The van der Waals surface area contributed by atoms with E-state index in [0.29, 0.717) is 12.6 Å². The number of para-hydroxylation sites is 1. The Kier molecular flexibility index (Phi) is 9.69. The summed E-state index contributed by atoms with van der Waals surface area (Å²) in [5.74, 6) is 2.68. The van der Waals surface area contributed by atoms with E-state index < -0.39 is 0 Å². The SMILES string of the molecule is Cc1nnc(CN=C(NCCCN(C)c2ccccc2)NC2CCCC2)n1C.I. The molecule has 0 amide bonds. The van der Waals surface area contributed by atoms with E-state index in [1.54, 1.807) is 0 Å². The minimum atomic E-state index is 0.